The number of anilines is 2. The van der Waals surface area contributed by atoms with Gasteiger partial charge in [0.05, 0.1) is 11.3 Å². The molecule has 3 aromatic carbocycles. The number of phenolic OH excluding ortho intramolecular Hbond substituents is 1. The second-order valence-corrected chi connectivity index (χ2v) is 5.52. The fourth-order valence-corrected chi connectivity index (χ4v) is 2.52. The molecule has 3 rings (SSSR count). The SMILES string of the molecule is C=CC(=O)Nc1cc(NC(=O)c2ccc3ccccc3c2O)ccc1F. The second-order valence-electron chi connectivity index (χ2n) is 5.52. The summed E-state index contributed by atoms with van der Waals surface area (Å²) in [5.41, 5.74) is 0.267. The molecule has 0 saturated carbocycles. The summed E-state index contributed by atoms with van der Waals surface area (Å²) < 4.78 is 13.8. The van der Waals surface area contributed by atoms with Crippen molar-refractivity contribution in [3.63, 3.8) is 0 Å². The van der Waals surface area contributed by atoms with E-state index in [1.807, 2.05) is 12.1 Å². The van der Waals surface area contributed by atoms with Crippen LogP contribution < -0.4 is 10.6 Å². The van der Waals surface area contributed by atoms with Crippen molar-refractivity contribution in [1.82, 2.24) is 0 Å². The van der Waals surface area contributed by atoms with E-state index in [0.717, 1.165) is 17.5 Å². The Morgan fingerprint density at radius 1 is 1.04 bits per heavy atom. The van der Waals surface area contributed by atoms with Crippen LogP contribution in [0.2, 0.25) is 0 Å². The van der Waals surface area contributed by atoms with Crippen molar-refractivity contribution in [1.29, 1.82) is 0 Å². The quantitative estimate of drug-likeness (QED) is 0.621. The Bertz CT molecular complexity index is 1030. The van der Waals surface area contributed by atoms with E-state index in [0.29, 0.717) is 5.39 Å². The number of aromatic hydroxyl groups is 1. The molecule has 0 spiro atoms. The monoisotopic (exact) mass is 350 g/mol. The lowest BCUT2D eigenvalue weighted by atomic mass is 10.0. The van der Waals surface area contributed by atoms with Gasteiger partial charge in [0.25, 0.3) is 5.91 Å². The molecule has 0 aliphatic rings. The third-order valence-electron chi connectivity index (χ3n) is 3.81. The fraction of sp³-hybridized carbons (Fsp3) is 0. The van der Waals surface area contributed by atoms with E-state index in [-0.39, 0.29) is 22.7 Å². The van der Waals surface area contributed by atoms with Crippen LogP contribution in [0.4, 0.5) is 15.8 Å². The van der Waals surface area contributed by atoms with Crippen LogP contribution in [0.1, 0.15) is 10.4 Å². The topological polar surface area (TPSA) is 78.4 Å². The Morgan fingerprint density at radius 3 is 2.58 bits per heavy atom. The molecule has 130 valence electrons. The molecule has 3 aromatic rings. The minimum absolute atomic E-state index is 0.0876. The van der Waals surface area contributed by atoms with Gasteiger partial charge in [-0.05, 0) is 35.7 Å². The van der Waals surface area contributed by atoms with E-state index in [4.69, 9.17) is 0 Å². The minimum atomic E-state index is -0.647. The first kappa shape index (κ1) is 17.2. The molecule has 0 aliphatic heterocycles. The number of hydrogen-bond acceptors (Lipinski definition) is 3. The van der Waals surface area contributed by atoms with Crippen LogP contribution in [0.3, 0.4) is 0 Å². The van der Waals surface area contributed by atoms with Crippen LogP contribution in [-0.2, 0) is 4.79 Å². The smallest absolute Gasteiger partial charge is 0.259 e. The van der Waals surface area contributed by atoms with E-state index in [1.54, 1.807) is 18.2 Å². The van der Waals surface area contributed by atoms with Gasteiger partial charge in [-0.15, -0.1) is 0 Å². The predicted octanol–water partition coefficient (Wildman–Crippen LogP) is 4.06. The number of carbonyl (C=O) groups excluding carboxylic acids is 2. The van der Waals surface area contributed by atoms with Gasteiger partial charge in [0.1, 0.15) is 11.6 Å². The Morgan fingerprint density at radius 2 is 1.81 bits per heavy atom. The van der Waals surface area contributed by atoms with Gasteiger partial charge in [-0.2, -0.15) is 0 Å². The van der Waals surface area contributed by atoms with Crippen molar-refractivity contribution >= 4 is 34.0 Å². The van der Waals surface area contributed by atoms with E-state index in [1.165, 1.54) is 18.2 Å². The second kappa shape index (κ2) is 7.06. The Kier molecular flexibility index (Phi) is 4.66. The molecule has 2 amide bonds. The van der Waals surface area contributed by atoms with Crippen molar-refractivity contribution in [2.24, 2.45) is 0 Å². The summed E-state index contributed by atoms with van der Waals surface area (Å²) in [4.78, 5) is 23.8. The largest absolute Gasteiger partial charge is 0.506 e. The van der Waals surface area contributed by atoms with E-state index in [9.17, 15) is 19.1 Å². The first-order chi connectivity index (χ1) is 12.5. The maximum absolute atomic E-state index is 13.8. The van der Waals surface area contributed by atoms with Gasteiger partial charge in [0.2, 0.25) is 5.91 Å². The van der Waals surface area contributed by atoms with E-state index < -0.39 is 17.6 Å². The maximum Gasteiger partial charge on any atom is 0.259 e. The van der Waals surface area contributed by atoms with Crippen LogP contribution in [0, 0.1) is 5.82 Å². The van der Waals surface area contributed by atoms with Crippen molar-refractivity contribution in [3.8, 4) is 5.75 Å². The molecule has 26 heavy (non-hydrogen) atoms. The number of hydrogen-bond donors (Lipinski definition) is 3. The van der Waals surface area contributed by atoms with Crippen molar-refractivity contribution in [3.05, 3.63) is 78.6 Å². The molecule has 3 N–H and O–H groups in total. The molecule has 5 nitrogen and oxygen atoms in total. The zero-order valence-corrected chi connectivity index (χ0v) is 13.6. The van der Waals surface area contributed by atoms with Crippen molar-refractivity contribution in [2.75, 3.05) is 10.6 Å². The third kappa shape index (κ3) is 3.39. The first-order valence-corrected chi connectivity index (χ1v) is 7.74. The summed E-state index contributed by atoms with van der Waals surface area (Å²) in [6.07, 6.45) is 1.01. The number of amides is 2. The van der Waals surface area contributed by atoms with Gasteiger partial charge in [-0.3, -0.25) is 9.59 Å². The highest BCUT2D eigenvalue weighted by molar-refractivity contribution is 6.10. The third-order valence-corrected chi connectivity index (χ3v) is 3.81. The van der Waals surface area contributed by atoms with Gasteiger partial charge in [0, 0.05) is 11.1 Å². The molecule has 0 aromatic heterocycles. The summed E-state index contributed by atoms with van der Waals surface area (Å²) in [6.45, 7) is 3.30. The van der Waals surface area contributed by atoms with E-state index >= 15 is 0 Å². The zero-order valence-electron chi connectivity index (χ0n) is 13.6. The van der Waals surface area contributed by atoms with Gasteiger partial charge in [-0.25, -0.2) is 4.39 Å². The molecule has 6 heteroatoms. The molecule has 0 aliphatic carbocycles. The summed E-state index contributed by atoms with van der Waals surface area (Å²) in [7, 11) is 0. The number of rotatable bonds is 4. The number of phenols is 1. The summed E-state index contributed by atoms with van der Waals surface area (Å²) in [5, 5.41) is 16.6. The normalized spacial score (nSPS) is 10.3. The van der Waals surface area contributed by atoms with Crippen molar-refractivity contribution in [2.45, 2.75) is 0 Å². The zero-order chi connectivity index (χ0) is 18.7. The predicted molar refractivity (Wildman–Crippen MR) is 98.8 cm³/mol. The molecule has 0 fully saturated rings. The van der Waals surface area contributed by atoms with Crippen LogP contribution >= 0.6 is 0 Å². The minimum Gasteiger partial charge on any atom is -0.506 e. The number of halogens is 1. The molecule has 0 bridgehead atoms. The summed E-state index contributed by atoms with van der Waals surface area (Å²) in [6, 6.07) is 14.1. The molecule has 0 saturated heterocycles. The van der Waals surface area contributed by atoms with Crippen LogP contribution in [0.25, 0.3) is 10.8 Å². The Hall–Kier alpha value is -3.67. The van der Waals surface area contributed by atoms with Crippen LogP contribution in [0.15, 0.2) is 67.3 Å². The number of fused-ring (bicyclic) bond motifs is 1. The van der Waals surface area contributed by atoms with Gasteiger partial charge in [0.15, 0.2) is 0 Å². The average molecular weight is 350 g/mol. The maximum atomic E-state index is 13.8. The lowest BCUT2D eigenvalue weighted by Crippen LogP contribution is -2.13. The van der Waals surface area contributed by atoms with Crippen LogP contribution in [0.5, 0.6) is 5.75 Å². The molecule has 0 atom stereocenters. The van der Waals surface area contributed by atoms with Crippen molar-refractivity contribution < 1.29 is 19.1 Å². The Balaban J connectivity index is 1.88. The standard InChI is InChI=1S/C20H15FN2O3/c1-2-18(24)23-17-11-13(8-10-16(17)21)22-20(26)15-9-7-12-5-3-4-6-14(12)19(15)25/h2-11,25H,1H2,(H,22,26)(H,23,24). The number of nitrogens with one attached hydrogen (secondary N) is 2. The molecule has 0 radical (unpaired) electrons. The summed E-state index contributed by atoms with van der Waals surface area (Å²) >= 11 is 0. The first-order valence-electron chi connectivity index (χ1n) is 7.74. The average Bonchev–Trinajstić information content (AvgIpc) is 2.64. The lowest BCUT2D eigenvalue weighted by molar-refractivity contribution is -0.111. The van der Waals surface area contributed by atoms with Gasteiger partial charge in [-0.1, -0.05) is 36.9 Å². The highest BCUT2D eigenvalue weighted by Crippen LogP contribution is 2.29. The lowest BCUT2D eigenvalue weighted by Gasteiger charge is -2.11. The Labute approximate surface area is 148 Å². The molecular weight excluding hydrogens is 335 g/mol. The van der Waals surface area contributed by atoms with Crippen LogP contribution in [-0.4, -0.2) is 16.9 Å². The highest BCUT2D eigenvalue weighted by Gasteiger charge is 2.15. The fourth-order valence-electron chi connectivity index (χ4n) is 2.52. The summed E-state index contributed by atoms with van der Waals surface area (Å²) in [5.74, 6) is -1.91. The van der Waals surface area contributed by atoms with Gasteiger partial charge < -0.3 is 15.7 Å². The highest BCUT2D eigenvalue weighted by atomic mass is 19.1. The molecular formula is C20H15FN2O3. The number of carbonyl (C=O) groups is 2. The van der Waals surface area contributed by atoms with E-state index in [2.05, 4.69) is 17.2 Å². The number of benzene rings is 3. The molecule has 0 unspecified atom stereocenters. The molecule has 0 heterocycles. The van der Waals surface area contributed by atoms with Gasteiger partial charge >= 0.3 is 0 Å².